The van der Waals surface area contributed by atoms with E-state index in [0.29, 0.717) is 0 Å². The second-order valence-electron chi connectivity index (χ2n) is 5.64. The molecule has 2 amide bonds. The molecule has 0 aliphatic rings. The molecule has 0 saturated carbocycles. The highest BCUT2D eigenvalue weighted by atomic mass is 32.2. The lowest BCUT2D eigenvalue weighted by atomic mass is 10.1. The second kappa shape index (κ2) is 8.24. The van der Waals surface area contributed by atoms with Crippen molar-refractivity contribution < 1.29 is 14.0 Å². The van der Waals surface area contributed by atoms with Crippen LogP contribution < -0.4 is 10.9 Å². The Morgan fingerprint density at radius 2 is 1.93 bits per heavy atom. The van der Waals surface area contributed by atoms with Crippen molar-refractivity contribution in [1.82, 2.24) is 20.8 Å². The summed E-state index contributed by atoms with van der Waals surface area (Å²) in [6, 6.07) is 13.1. The highest BCUT2D eigenvalue weighted by Gasteiger charge is 2.15. The molecule has 0 spiro atoms. The molecule has 4 aromatic rings. The molecule has 0 aliphatic heterocycles. The van der Waals surface area contributed by atoms with Gasteiger partial charge in [-0.15, -0.1) is 11.3 Å². The molecule has 0 atom stereocenters. The topological polar surface area (TPSA) is 97.1 Å². The van der Waals surface area contributed by atoms with Crippen LogP contribution in [0.5, 0.6) is 0 Å². The minimum absolute atomic E-state index is 0.0919. The van der Waals surface area contributed by atoms with Gasteiger partial charge in [-0.2, -0.15) is 0 Å². The van der Waals surface area contributed by atoms with Gasteiger partial charge in [0.2, 0.25) is 5.91 Å². The Morgan fingerprint density at radius 3 is 2.71 bits per heavy atom. The minimum Gasteiger partial charge on any atom is -0.459 e. The Balaban J connectivity index is 1.45. The van der Waals surface area contributed by atoms with E-state index < -0.39 is 5.91 Å². The summed E-state index contributed by atoms with van der Waals surface area (Å²) in [5, 5.41) is 3.69. The predicted octanol–water partition coefficient (Wildman–Crippen LogP) is 3.50. The molecular weight excluding hydrogens is 396 g/mol. The molecule has 2 N–H and O–H groups in total. The average molecular weight is 410 g/mol. The molecule has 3 aromatic heterocycles. The highest BCUT2D eigenvalue weighted by molar-refractivity contribution is 8.00. The van der Waals surface area contributed by atoms with Crippen molar-refractivity contribution in [3.8, 4) is 11.1 Å². The minimum atomic E-state index is -0.517. The zero-order valence-electron chi connectivity index (χ0n) is 14.4. The Hall–Kier alpha value is -3.17. The van der Waals surface area contributed by atoms with Crippen LogP contribution in [-0.4, -0.2) is 27.5 Å². The van der Waals surface area contributed by atoms with Crippen molar-refractivity contribution in [3.63, 3.8) is 0 Å². The number of furan rings is 1. The van der Waals surface area contributed by atoms with Gasteiger partial charge in [0.1, 0.15) is 16.2 Å². The summed E-state index contributed by atoms with van der Waals surface area (Å²) in [4.78, 5) is 33.4. The third kappa shape index (κ3) is 3.90. The third-order valence-electron chi connectivity index (χ3n) is 3.82. The number of nitrogens with zero attached hydrogens (tertiary/aromatic N) is 2. The van der Waals surface area contributed by atoms with E-state index in [2.05, 4.69) is 20.8 Å². The number of aromatic nitrogens is 2. The van der Waals surface area contributed by atoms with Crippen LogP contribution >= 0.6 is 23.1 Å². The summed E-state index contributed by atoms with van der Waals surface area (Å²) in [5.41, 5.74) is 6.79. The highest BCUT2D eigenvalue weighted by Crippen LogP contribution is 2.37. The summed E-state index contributed by atoms with van der Waals surface area (Å²) in [6.45, 7) is 0. The normalized spacial score (nSPS) is 10.7. The van der Waals surface area contributed by atoms with Crippen LogP contribution in [0, 0.1) is 0 Å². The molecule has 0 unspecified atom stereocenters. The molecule has 140 valence electrons. The average Bonchev–Trinajstić information content (AvgIpc) is 3.41. The summed E-state index contributed by atoms with van der Waals surface area (Å²) in [7, 11) is 0. The number of amides is 2. The largest absolute Gasteiger partial charge is 0.459 e. The van der Waals surface area contributed by atoms with Gasteiger partial charge in [-0.3, -0.25) is 20.4 Å². The number of fused-ring (bicyclic) bond motifs is 1. The van der Waals surface area contributed by atoms with E-state index >= 15 is 0 Å². The Labute approximate surface area is 168 Å². The fourth-order valence-corrected chi connectivity index (χ4v) is 4.35. The lowest BCUT2D eigenvalue weighted by Gasteiger charge is -2.07. The van der Waals surface area contributed by atoms with Gasteiger partial charge in [0.15, 0.2) is 5.76 Å². The maximum Gasteiger partial charge on any atom is 0.305 e. The predicted molar refractivity (Wildman–Crippen MR) is 108 cm³/mol. The molecule has 0 aliphatic carbocycles. The van der Waals surface area contributed by atoms with Crippen LogP contribution in [0.25, 0.3) is 21.3 Å². The molecule has 0 saturated heterocycles. The Bertz CT molecular complexity index is 1110. The van der Waals surface area contributed by atoms with E-state index in [0.717, 1.165) is 26.4 Å². The maximum atomic E-state index is 12.1. The molecule has 3 heterocycles. The van der Waals surface area contributed by atoms with E-state index in [1.165, 1.54) is 41.8 Å². The van der Waals surface area contributed by atoms with Crippen LogP contribution in [0.2, 0.25) is 0 Å². The number of hydrazine groups is 1. The van der Waals surface area contributed by atoms with Crippen LogP contribution in [0.1, 0.15) is 10.6 Å². The summed E-state index contributed by atoms with van der Waals surface area (Å²) in [6.07, 6.45) is 2.88. The molecule has 7 nitrogen and oxygen atoms in total. The van der Waals surface area contributed by atoms with Gasteiger partial charge in [-0.25, -0.2) is 9.97 Å². The molecule has 28 heavy (non-hydrogen) atoms. The summed E-state index contributed by atoms with van der Waals surface area (Å²) >= 11 is 2.83. The van der Waals surface area contributed by atoms with Gasteiger partial charge in [0.05, 0.1) is 17.4 Å². The van der Waals surface area contributed by atoms with Gasteiger partial charge in [-0.05, 0) is 17.7 Å². The first kappa shape index (κ1) is 18.2. The molecule has 9 heteroatoms. The van der Waals surface area contributed by atoms with E-state index in [9.17, 15) is 9.59 Å². The van der Waals surface area contributed by atoms with Gasteiger partial charge >= 0.3 is 5.91 Å². The van der Waals surface area contributed by atoms with Crippen LogP contribution in [0.3, 0.4) is 0 Å². The first-order chi connectivity index (χ1) is 13.7. The van der Waals surface area contributed by atoms with Crippen molar-refractivity contribution in [1.29, 1.82) is 0 Å². The number of thiophene rings is 1. The van der Waals surface area contributed by atoms with E-state index in [4.69, 9.17) is 4.42 Å². The molecule has 0 radical (unpaired) electrons. The lowest BCUT2D eigenvalue weighted by molar-refractivity contribution is -0.119. The SMILES string of the molecule is O=C(CSc1ncnc2scc(-c3ccccc3)c12)NNC(=O)c1ccco1. The third-order valence-corrected chi connectivity index (χ3v) is 5.70. The number of carbonyl (C=O) groups excluding carboxylic acids is 2. The number of rotatable bonds is 5. The van der Waals surface area contributed by atoms with Crippen LogP contribution in [-0.2, 0) is 4.79 Å². The van der Waals surface area contributed by atoms with Crippen LogP contribution in [0.4, 0.5) is 0 Å². The number of hydrogen-bond donors (Lipinski definition) is 2. The van der Waals surface area contributed by atoms with Gasteiger partial charge < -0.3 is 4.42 Å². The molecule has 4 rings (SSSR count). The Kier molecular flexibility index (Phi) is 5.36. The van der Waals surface area contributed by atoms with E-state index in [1.807, 2.05) is 35.7 Å². The summed E-state index contributed by atoms with van der Waals surface area (Å²) < 4.78 is 4.97. The number of carbonyl (C=O) groups is 2. The number of benzene rings is 1. The van der Waals surface area contributed by atoms with Crippen molar-refractivity contribution in [2.45, 2.75) is 5.03 Å². The second-order valence-corrected chi connectivity index (χ2v) is 7.46. The zero-order valence-corrected chi connectivity index (χ0v) is 16.0. The quantitative estimate of drug-likeness (QED) is 0.297. The first-order valence-electron chi connectivity index (χ1n) is 8.25. The van der Waals surface area contributed by atoms with Gasteiger partial charge in [-0.1, -0.05) is 42.1 Å². The zero-order chi connectivity index (χ0) is 19.3. The lowest BCUT2D eigenvalue weighted by Crippen LogP contribution is -2.42. The number of hydrogen-bond acceptors (Lipinski definition) is 7. The fraction of sp³-hybridized carbons (Fsp3) is 0.0526. The summed E-state index contributed by atoms with van der Waals surface area (Å²) in [5.74, 6) is -0.657. The fourth-order valence-electron chi connectivity index (χ4n) is 2.55. The van der Waals surface area contributed by atoms with Crippen molar-refractivity contribution >= 4 is 45.1 Å². The van der Waals surface area contributed by atoms with Gasteiger partial charge in [0.25, 0.3) is 0 Å². The Morgan fingerprint density at radius 1 is 1.07 bits per heavy atom. The van der Waals surface area contributed by atoms with Crippen molar-refractivity contribution in [3.05, 3.63) is 66.2 Å². The van der Waals surface area contributed by atoms with Gasteiger partial charge in [0, 0.05) is 10.9 Å². The number of nitrogens with one attached hydrogen (secondary N) is 2. The molecule has 0 fully saturated rings. The molecule has 0 bridgehead atoms. The molecular formula is C19H14N4O3S2. The van der Waals surface area contributed by atoms with Crippen LogP contribution in [0.15, 0.2) is 69.9 Å². The monoisotopic (exact) mass is 410 g/mol. The smallest absolute Gasteiger partial charge is 0.305 e. The molecule has 1 aromatic carbocycles. The van der Waals surface area contributed by atoms with E-state index in [-0.39, 0.29) is 17.4 Å². The standard InChI is InChI=1S/C19H14N4O3S2/c24-15(22-23-17(25)14-7-4-8-26-14)10-28-19-16-13(12-5-2-1-3-6-12)9-27-18(16)20-11-21-19/h1-9,11H,10H2,(H,22,24)(H,23,25). The van der Waals surface area contributed by atoms with E-state index in [1.54, 1.807) is 6.07 Å². The maximum absolute atomic E-state index is 12.1. The first-order valence-corrected chi connectivity index (χ1v) is 10.1. The van der Waals surface area contributed by atoms with Crippen molar-refractivity contribution in [2.75, 3.05) is 5.75 Å². The van der Waals surface area contributed by atoms with Crippen molar-refractivity contribution in [2.24, 2.45) is 0 Å². The number of thioether (sulfide) groups is 1.